The molecule has 1 aliphatic rings. The van der Waals surface area contributed by atoms with Crippen molar-refractivity contribution in [1.82, 2.24) is 4.90 Å². The number of hydrogen-bond donors (Lipinski definition) is 0. The molecule has 1 saturated heterocycles. The number of nitrogens with zero attached hydrogens (tertiary/aromatic N) is 1. The average molecular weight is 315 g/mol. The molecule has 23 heavy (non-hydrogen) atoms. The van der Waals surface area contributed by atoms with E-state index in [1.54, 1.807) is 19.3 Å². The Morgan fingerprint density at radius 1 is 1.39 bits per heavy atom. The monoisotopic (exact) mass is 315 g/mol. The van der Waals surface area contributed by atoms with Gasteiger partial charge in [0.05, 0.1) is 7.11 Å². The lowest BCUT2D eigenvalue weighted by Gasteiger charge is -2.32. The summed E-state index contributed by atoms with van der Waals surface area (Å²) in [5.41, 5.74) is 0.908. The lowest BCUT2D eigenvalue weighted by atomic mass is 10.0. The summed E-state index contributed by atoms with van der Waals surface area (Å²) in [4.78, 5) is 14.3. The fraction of sp³-hybridized carbons (Fsp3) is 0.421. The zero-order valence-electron chi connectivity index (χ0n) is 14.0. The van der Waals surface area contributed by atoms with E-state index in [0.29, 0.717) is 24.1 Å². The number of methoxy groups -OCH3 is 1. The van der Waals surface area contributed by atoms with Crippen LogP contribution in [0.3, 0.4) is 0 Å². The molecule has 0 aliphatic carbocycles. The summed E-state index contributed by atoms with van der Waals surface area (Å²) in [6.07, 6.45) is 8.53. The van der Waals surface area contributed by atoms with Crippen LogP contribution in [0.5, 0.6) is 11.5 Å². The van der Waals surface area contributed by atoms with Crippen LogP contribution in [0.15, 0.2) is 36.9 Å². The van der Waals surface area contributed by atoms with Crippen LogP contribution < -0.4 is 9.47 Å². The predicted molar refractivity (Wildman–Crippen MR) is 92.7 cm³/mol. The second-order valence-corrected chi connectivity index (χ2v) is 5.72. The highest BCUT2D eigenvalue weighted by atomic mass is 16.5. The van der Waals surface area contributed by atoms with Crippen molar-refractivity contribution in [3.8, 4) is 11.5 Å². The van der Waals surface area contributed by atoms with Crippen molar-refractivity contribution in [3.05, 3.63) is 42.5 Å². The molecule has 1 aromatic carbocycles. The van der Waals surface area contributed by atoms with Gasteiger partial charge in [-0.2, -0.15) is 0 Å². The molecule has 1 atom stereocenters. The molecule has 1 aliphatic heterocycles. The van der Waals surface area contributed by atoms with Gasteiger partial charge in [0, 0.05) is 18.7 Å². The molecule has 4 nitrogen and oxygen atoms in total. The first-order valence-corrected chi connectivity index (χ1v) is 8.06. The van der Waals surface area contributed by atoms with E-state index in [1.807, 2.05) is 29.2 Å². The zero-order valence-corrected chi connectivity index (χ0v) is 14.0. The first kappa shape index (κ1) is 17.1. The van der Waals surface area contributed by atoms with Crippen molar-refractivity contribution in [3.63, 3.8) is 0 Å². The molecule has 124 valence electrons. The number of likely N-dealkylation sites (tertiary alicyclic amines) is 1. The fourth-order valence-electron chi connectivity index (χ4n) is 2.74. The SMILES string of the molecule is C=CCOc1ccc(/C=C/C(=O)N2CCCCC2C)cc1OC. The molecule has 0 radical (unpaired) electrons. The van der Waals surface area contributed by atoms with Crippen molar-refractivity contribution in [2.24, 2.45) is 0 Å². The summed E-state index contributed by atoms with van der Waals surface area (Å²) < 4.78 is 10.9. The van der Waals surface area contributed by atoms with E-state index >= 15 is 0 Å². The van der Waals surface area contributed by atoms with Crippen molar-refractivity contribution >= 4 is 12.0 Å². The predicted octanol–water partition coefficient (Wildman–Crippen LogP) is 3.67. The lowest BCUT2D eigenvalue weighted by Crippen LogP contribution is -2.41. The highest BCUT2D eigenvalue weighted by molar-refractivity contribution is 5.92. The minimum Gasteiger partial charge on any atom is -0.493 e. The third-order valence-corrected chi connectivity index (χ3v) is 4.05. The van der Waals surface area contributed by atoms with E-state index < -0.39 is 0 Å². The molecule has 0 saturated carbocycles. The molecule has 1 unspecified atom stereocenters. The number of ether oxygens (including phenoxy) is 2. The maximum Gasteiger partial charge on any atom is 0.246 e. The average Bonchev–Trinajstić information content (AvgIpc) is 2.58. The minimum atomic E-state index is 0.0724. The van der Waals surface area contributed by atoms with E-state index in [2.05, 4.69) is 13.5 Å². The Morgan fingerprint density at radius 2 is 2.22 bits per heavy atom. The topological polar surface area (TPSA) is 38.8 Å². The van der Waals surface area contributed by atoms with E-state index in [9.17, 15) is 4.79 Å². The molecule has 1 amide bonds. The van der Waals surface area contributed by atoms with E-state index in [0.717, 1.165) is 24.9 Å². The molecule has 1 heterocycles. The molecule has 0 spiro atoms. The van der Waals surface area contributed by atoms with Crippen molar-refractivity contribution < 1.29 is 14.3 Å². The third-order valence-electron chi connectivity index (χ3n) is 4.05. The van der Waals surface area contributed by atoms with Crippen molar-refractivity contribution in [2.45, 2.75) is 32.2 Å². The molecule has 0 aromatic heterocycles. The lowest BCUT2D eigenvalue weighted by molar-refractivity contribution is -0.129. The summed E-state index contributed by atoms with van der Waals surface area (Å²) in [7, 11) is 1.60. The maximum absolute atomic E-state index is 12.3. The van der Waals surface area contributed by atoms with Gasteiger partial charge in [0.1, 0.15) is 6.61 Å². The van der Waals surface area contributed by atoms with Gasteiger partial charge in [-0.1, -0.05) is 18.7 Å². The van der Waals surface area contributed by atoms with Gasteiger partial charge >= 0.3 is 0 Å². The number of carbonyl (C=O) groups is 1. The number of piperidine rings is 1. The normalized spacial score (nSPS) is 18.0. The largest absolute Gasteiger partial charge is 0.493 e. The zero-order chi connectivity index (χ0) is 16.7. The van der Waals surface area contributed by atoms with Gasteiger partial charge in [-0.15, -0.1) is 0 Å². The second-order valence-electron chi connectivity index (χ2n) is 5.72. The van der Waals surface area contributed by atoms with Crippen LogP contribution in [0.2, 0.25) is 0 Å². The van der Waals surface area contributed by atoms with Crippen molar-refractivity contribution in [1.29, 1.82) is 0 Å². The number of benzene rings is 1. The molecule has 0 N–H and O–H groups in total. The van der Waals surface area contributed by atoms with E-state index in [4.69, 9.17) is 9.47 Å². The molecular weight excluding hydrogens is 290 g/mol. The fourth-order valence-corrected chi connectivity index (χ4v) is 2.74. The number of amides is 1. The van der Waals surface area contributed by atoms with Gasteiger partial charge in [0.15, 0.2) is 11.5 Å². The van der Waals surface area contributed by atoms with Crippen LogP contribution in [-0.4, -0.2) is 37.1 Å². The summed E-state index contributed by atoms with van der Waals surface area (Å²) in [5, 5.41) is 0. The van der Waals surface area contributed by atoms with Gasteiger partial charge in [-0.3, -0.25) is 4.79 Å². The van der Waals surface area contributed by atoms with Crippen LogP contribution in [0, 0.1) is 0 Å². The van der Waals surface area contributed by atoms with E-state index in [-0.39, 0.29) is 5.91 Å². The Kier molecular flexibility index (Phi) is 6.27. The highest BCUT2D eigenvalue weighted by Crippen LogP contribution is 2.28. The first-order valence-electron chi connectivity index (χ1n) is 8.06. The van der Waals surface area contributed by atoms with Gasteiger partial charge < -0.3 is 14.4 Å². The summed E-state index contributed by atoms with van der Waals surface area (Å²) in [6, 6.07) is 5.94. The number of carbonyl (C=O) groups excluding carboxylic acids is 1. The maximum atomic E-state index is 12.3. The summed E-state index contributed by atoms with van der Waals surface area (Å²) in [6.45, 7) is 7.02. The third kappa shape index (κ3) is 4.62. The Morgan fingerprint density at radius 3 is 2.91 bits per heavy atom. The van der Waals surface area contributed by atoms with Gasteiger partial charge in [-0.25, -0.2) is 0 Å². The summed E-state index contributed by atoms with van der Waals surface area (Å²) in [5.74, 6) is 1.39. The van der Waals surface area contributed by atoms with Crippen LogP contribution in [0.1, 0.15) is 31.7 Å². The molecule has 4 heteroatoms. The minimum absolute atomic E-state index is 0.0724. The van der Waals surface area contributed by atoms with Crippen LogP contribution in [0.25, 0.3) is 6.08 Å². The Labute approximate surface area is 138 Å². The standard InChI is InChI=1S/C19H25NO3/c1-4-13-23-17-10-8-16(14-18(17)22-3)9-11-19(21)20-12-6-5-7-15(20)2/h4,8-11,14-15H,1,5-7,12-13H2,2-3H3/b11-9+. The smallest absolute Gasteiger partial charge is 0.246 e. The number of hydrogen-bond acceptors (Lipinski definition) is 3. The highest BCUT2D eigenvalue weighted by Gasteiger charge is 2.21. The quantitative estimate of drug-likeness (QED) is 0.594. The van der Waals surface area contributed by atoms with Crippen LogP contribution in [-0.2, 0) is 4.79 Å². The van der Waals surface area contributed by atoms with E-state index in [1.165, 1.54) is 6.42 Å². The second kappa shape index (κ2) is 8.42. The summed E-state index contributed by atoms with van der Waals surface area (Å²) >= 11 is 0. The number of rotatable bonds is 6. The molecular formula is C19H25NO3. The van der Waals surface area contributed by atoms with Crippen LogP contribution in [0.4, 0.5) is 0 Å². The van der Waals surface area contributed by atoms with Crippen molar-refractivity contribution in [2.75, 3.05) is 20.3 Å². The molecule has 0 bridgehead atoms. The first-order chi connectivity index (χ1) is 11.2. The molecule has 1 aromatic rings. The molecule has 1 fully saturated rings. The van der Waals surface area contributed by atoms with Gasteiger partial charge in [-0.05, 0) is 50.0 Å². The Bertz CT molecular complexity index is 580. The Hall–Kier alpha value is -2.23. The Balaban J connectivity index is 2.06. The van der Waals surface area contributed by atoms with Gasteiger partial charge in [0.2, 0.25) is 5.91 Å². The van der Waals surface area contributed by atoms with Crippen LogP contribution >= 0.6 is 0 Å². The molecule has 2 rings (SSSR count). The van der Waals surface area contributed by atoms with Gasteiger partial charge in [0.25, 0.3) is 0 Å².